The maximum Gasteiger partial charge on any atom is 0.240 e. The predicted molar refractivity (Wildman–Crippen MR) is 115 cm³/mol. The Morgan fingerprint density at radius 1 is 1.20 bits per heavy atom. The molecule has 1 amide bonds. The molecule has 1 heterocycles. The molecule has 6 nitrogen and oxygen atoms in total. The molecule has 0 spiro atoms. The number of ketones is 1. The van der Waals surface area contributed by atoms with Gasteiger partial charge in [0, 0.05) is 34.7 Å². The molecule has 8 heteroatoms. The van der Waals surface area contributed by atoms with Crippen LogP contribution in [0.15, 0.2) is 46.9 Å². The van der Waals surface area contributed by atoms with E-state index in [0.717, 1.165) is 5.39 Å². The van der Waals surface area contributed by atoms with Gasteiger partial charge in [-0.2, -0.15) is 5.10 Å². The number of carbonyl (C=O) groups is 2. The number of amides is 1. The summed E-state index contributed by atoms with van der Waals surface area (Å²) >= 11 is 1.28. The number of benzene rings is 2. The molecule has 3 rings (SSSR count). The number of Topliss-reactive ketones (excluding diaryl/α,β-unsaturated/α-hetero) is 1. The molecular weight excluding hydrogens is 407 g/mol. The minimum atomic E-state index is -0.386. The van der Waals surface area contributed by atoms with Crippen molar-refractivity contribution in [2.45, 2.75) is 19.8 Å². The second-order valence-electron chi connectivity index (χ2n) is 6.32. The van der Waals surface area contributed by atoms with Gasteiger partial charge in [-0.25, -0.2) is 9.82 Å². The van der Waals surface area contributed by atoms with Gasteiger partial charge in [0.05, 0.1) is 24.6 Å². The van der Waals surface area contributed by atoms with Gasteiger partial charge in [-0.05, 0) is 31.2 Å². The van der Waals surface area contributed by atoms with Crippen LogP contribution >= 0.6 is 11.3 Å². The number of methoxy groups -OCH3 is 1. The van der Waals surface area contributed by atoms with E-state index in [4.69, 9.17) is 9.47 Å². The Labute approximate surface area is 177 Å². The highest BCUT2D eigenvalue weighted by molar-refractivity contribution is 7.17. The van der Waals surface area contributed by atoms with E-state index in [1.54, 1.807) is 35.7 Å². The molecule has 1 N–H and O–H groups in total. The fraction of sp³-hybridized carbons (Fsp3) is 0.227. The van der Waals surface area contributed by atoms with Crippen molar-refractivity contribution in [1.82, 2.24) is 5.43 Å². The largest absolute Gasteiger partial charge is 0.493 e. The number of thiophene rings is 1. The van der Waals surface area contributed by atoms with E-state index in [9.17, 15) is 14.0 Å². The summed E-state index contributed by atoms with van der Waals surface area (Å²) in [6, 6.07) is 9.74. The van der Waals surface area contributed by atoms with Gasteiger partial charge in [0.1, 0.15) is 5.82 Å². The van der Waals surface area contributed by atoms with Crippen LogP contribution in [-0.4, -0.2) is 31.6 Å². The van der Waals surface area contributed by atoms with Crippen LogP contribution in [0.5, 0.6) is 11.5 Å². The lowest BCUT2D eigenvalue weighted by Gasteiger charge is -2.10. The number of fused-ring (bicyclic) bond motifs is 1. The highest BCUT2D eigenvalue weighted by atomic mass is 32.1. The summed E-state index contributed by atoms with van der Waals surface area (Å²) in [7, 11) is 1.50. The SMILES string of the molecule is CCOc1ccc(C(=O)CCC(=O)N/N=C/c2csc3c(F)cccc23)cc1OC. The van der Waals surface area contributed by atoms with E-state index in [1.165, 1.54) is 30.7 Å². The molecule has 0 aliphatic heterocycles. The van der Waals surface area contributed by atoms with E-state index in [-0.39, 0.29) is 30.3 Å². The van der Waals surface area contributed by atoms with E-state index >= 15 is 0 Å². The molecule has 0 bridgehead atoms. The average molecular weight is 428 g/mol. The summed E-state index contributed by atoms with van der Waals surface area (Å²) in [4.78, 5) is 24.4. The van der Waals surface area contributed by atoms with Gasteiger partial charge in [0.2, 0.25) is 5.91 Å². The number of nitrogens with zero attached hydrogens (tertiary/aromatic N) is 1. The summed E-state index contributed by atoms with van der Waals surface area (Å²) < 4.78 is 24.9. The Balaban J connectivity index is 1.54. The van der Waals surface area contributed by atoms with Crippen LogP contribution in [0.3, 0.4) is 0 Å². The van der Waals surface area contributed by atoms with Gasteiger partial charge in [-0.1, -0.05) is 12.1 Å². The van der Waals surface area contributed by atoms with Crippen LogP contribution in [-0.2, 0) is 4.79 Å². The van der Waals surface area contributed by atoms with E-state index in [2.05, 4.69) is 10.5 Å². The number of rotatable bonds is 9. The van der Waals surface area contributed by atoms with E-state index < -0.39 is 0 Å². The lowest BCUT2D eigenvalue weighted by atomic mass is 10.1. The van der Waals surface area contributed by atoms with Crippen molar-refractivity contribution < 1.29 is 23.5 Å². The first-order valence-electron chi connectivity index (χ1n) is 9.35. The maximum atomic E-state index is 13.7. The molecule has 0 radical (unpaired) electrons. The predicted octanol–water partition coefficient (Wildman–Crippen LogP) is 4.56. The molecule has 156 valence electrons. The Bertz CT molecular complexity index is 1090. The number of nitrogens with one attached hydrogen (secondary N) is 1. The minimum Gasteiger partial charge on any atom is -0.493 e. The van der Waals surface area contributed by atoms with Crippen molar-refractivity contribution in [1.29, 1.82) is 0 Å². The maximum absolute atomic E-state index is 13.7. The molecule has 0 fully saturated rings. The summed E-state index contributed by atoms with van der Waals surface area (Å²) in [6.45, 7) is 2.35. The van der Waals surface area contributed by atoms with Gasteiger partial charge < -0.3 is 9.47 Å². The van der Waals surface area contributed by atoms with Gasteiger partial charge in [-0.15, -0.1) is 11.3 Å². The molecule has 0 atom stereocenters. The van der Waals surface area contributed by atoms with Crippen LogP contribution in [0.4, 0.5) is 4.39 Å². The highest BCUT2D eigenvalue weighted by Crippen LogP contribution is 2.29. The quantitative estimate of drug-likeness (QED) is 0.308. The minimum absolute atomic E-state index is 0.00921. The van der Waals surface area contributed by atoms with Crippen LogP contribution in [0.2, 0.25) is 0 Å². The normalized spacial score (nSPS) is 11.0. The second kappa shape index (κ2) is 9.98. The summed E-state index contributed by atoms with van der Waals surface area (Å²) in [6.07, 6.45) is 1.49. The highest BCUT2D eigenvalue weighted by Gasteiger charge is 2.13. The zero-order valence-electron chi connectivity index (χ0n) is 16.6. The Kier molecular flexibility index (Phi) is 7.13. The number of ether oxygens (including phenoxy) is 2. The molecule has 0 aliphatic carbocycles. The van der Waals surface area contributed by atoms with E-state index in [0.29, 0.717) is 33.9 Å². The molecular formula is C22H21FN2O4S. The first-order chi connectivity index (χ1) is 14.5. The van der Waals surface area contributed by atoms with Crippen LogP contribution < -0.4 is 14.9 Å². The van der Waals surface area contributed by atoms with Gasteiger partial charge in [0.15, 0.2) is 17.3 Å². The van der Waals surface area contributed by atoms with Gasteiger partial charge >= 0.3 is 0 Å². The summed E-state index contributed by atoms with van der Waals surface area (Å²) in [5, 5.41) is 6.42. The number of hydrazone groups is 1. The molecule has 1 aromatic heterocycles. The molecule has 30 heavy (non-hydrogen) atoms. The van der Waals surface area contributed by atoms with Crippen LogP contribution in [0.25, 0.3) is 10.1 Å². The monoisotopic (exact) mass is 428 g/mol. The third-order valence-corrected chi connectivity index (χ3v) is 5.36. The summed E-state index contributed by atoms with van der Waals surface area (Å²) in [5.41, 5.74) is 3.56. The summed E-state index contributed by atoms with van der Waals surface area (Å²) in [5.74, 6) is 0.171. The Morgan fingerprint density at radius 2 is 2.03 bits per heavy atom. The first-order valence-corrected chi connectivity index (χ1v) is 10.2. The third-order valence-electron chi connectivity index (χ3n) is 4.34. The average Bonchev–Trinajstić information content (AvgIpc) is 3.17. The van der Waals surface area contributed by atoms with Crippen molar-refractivity contribution in [3.05, 3.63) is 58.7 Å². The zero-order chi connectivity index (χ0) is 21.5. The van der Waals surface area contributed by atoms with E-state index in [1.807, 2.05) is 6.92 Å². The standard InChI is InChI=1S/C22H21FN2O4S/c1-3-29-19-9-7-14(11-20(19)28-2)18(26)8-10-21(27)25-24-12-15-13-30-22-16(15)5-4-6-17(22)23/h4-7,9,11-13H,3,8,10H2,1-2H3,(H,25,27)/b24-12+. The van der Waals surface area contributed by atoms with Crippen molar-refractivity contribution in [2.75, 3.05) is 13.7 Å². The molecule has 0 saturated carbocycles. The lowest BCUT2D eigenvalue weighted by Crippen LogP contribution is -2.18. The third kappa shape index (κ3) is 5.01. The van der Waals surface area contributed by atoms with Crippen molar-refractivity contribution >= 4 is 39.3 Å². The Hall–Kier alpha value is -3.26. The molecule has 3 aromatic rings. The number of hydrogen-bond acceptors (Lipinski definition) is 6. The van der Waals surface area contributed by atoms with Gasteiger partial charge in [0.25, 0.3) is 0 Å². The first kappa shape index (κ1) is 21.4. The van der Waals surface area contributed by atoms with Crippen molar-refractivity contribution in [3.8, 4) is 11.5 Å². The molecule has 0 unspecified atom stereocenters. The van der Waals surface area contributed by atoms with Crippen LogP contribution in [0.1, 0.15) is 35.7 Å². The fourth-order valence-corrected chi connectivity index (χ4v) is 3.78. The number of halogens is 1. The lowest BCUT2D eigenvalue weighted by molar-refractivity contribution is -0.121. The molecule has 0 saturated heterocycles. The molecule has 0 aliphatic rings. The van der Waals surface area contributed by atoms with Crippen molar-refractivity contribution in [2.24, 2.45) is 5.10 Å². The fourth-order valence-electron chi connectivity index (χ4n) is 2.86. The molecule has 2 aromatic carbocycles. The zero-order valence-corrected chi connectivity index (χ0v) is 17.4. The van der Waals surface area contributed by atoms with Gasteiger partial charge in [-0.3, -0.25) is 9.59 Å². The van der Waals surface area contributed by atoms with Crippen molar-refractivity contribution in [3.63, 3.8) is 0 Å². The number of carbonyl (C=O) groups excluding carboxylic acids is 2. The Morgan fingerprint density at radius 3 is 2.80 bits per heavy atom. The second-order valence-corrected chi connectivity index (χ2v) is 7.20. The topological polar surface area (TPSA) is 77.0 Å². The smallest absolute Gasteiger partial charge is 0.240 e. The van der Waals surface area contributed by atoms with Crippen LogP contribution in [0, 0.1) is 5.82 Å². The number of hydrogen-bond donors (Lipinski definition) is 1.